The van der Waals surface area contributed by atoms with Crippen molar-refractivity contribution in [2.45, 2.75) is 32.8 Å². The van der Waals surface area contributed by atoms with E-state index in [0.29, 0.717) is 43.7 Å². The van der Waals surface area contributed by atoms with E-state index in [4.69, 9.17) is 18.9 Å². The Morgan fingerprint density at radius 3 is 2.70 bits per heavy atom. The molecule has 2 aromatic carbocycles. The minimum atomic E-state index is -0.362. The second-order valence-corrected chi connectivity index (χ2v) is 7.61. The van der Waals surface area contributed by atoms with Gasteiger partial charge in [-0.25, -0.2) is 4.68 Å². The molecule has 0 saturated carbocycles. The number of anilines is 1. The molecule has 0 saturated heterocycles. The van der Waals surface area contributed by atoms with Gasteiger partial charge < -0.3 is 29.4 Å². The number of ether oxygens (including phenoxy) is 4. The van der Waals surface area contributed by atoms with Crippen LogP contribution in [0.5, 0.6) is 17.5 Å². The molecule has 1 atom stereocenters. The molecule has 9 nitrogen and oxygen atoms in total. The van der Waals surface area contributed by atoms with E-state index >= 15 is 0 Å². The SMILES string of the molecule is CCC[C@H](O)CNc1ccc(-n2nc(OCCOCC)nc2-c2ccc3c(c2)OCO3)cc1. The monoisotopic (exact) mass is 454 g/mol. The van der Waals surface area contributed by atoms with E-state index in [0.717, 1.165) is 29.8 Å². The average molecular weight is 455 g/mol. The molecule has 0 spiro atoms. The molecule has 0 radical (unpaired) electrons. The normalized spacial score (nSPS) is 13.2. The molecular formula is C24H30N4O5. The molecule has 2 heterocycles. The minimum Gasteiger partial charge on any atom is -0.460 e. The standard InChI is InChI=1S/C24H30N4O5/c1-3-5-20(29)15-25-18-7-9-19(10-8-18)28-23(26-24(27-28)31-13-12-30-4-2)17-6-11-21-22(14-17)33-16-32-21/h6-11,14,20,25,29H,3-5,12-13,15-16H2,1-2H3/t20-/m0/s1. The Bertz CT molecular complexity index is 1040. The molecule has 0 aliphatic carbocycles. The molecule has 1 aliphatic heterocycles. The third-order valence-electron chi connectivity index (χ3n) is 5.16. The zero-order chi connectivity index (χ0) is 23.0. The van der Waals surface area contributed by atoms with Gasteiger partial charge in [0.25, 0.3) is 0 Å². The highest BCUT2D eigenvalue weighted by Gasteiger charge is 2.19. The lowest BCUT2D eigenvalue weighted by Gasteiger charge is -2.12. The van der Waals surface area contributed by atoms with Crippen LogP contribution in [0.2, 0.25) is 0 Å². The predicted molar refractivity (Wildman–Crippen MR) is 124 cm³/mol. The van der Waals surface area contributed by atoms with E-state index in [2.05, 4.69) is 22.3 Å². The van der Waals surface area contributed by atoms with E-state index in [1.807, 2.05) is 49.4 Å². The predicted octanol–water partition coefficient (Wildman–Crippen LogP) is 3.65. The lowest BCUT2D eigenvalue weighted by molar-refractivity contribution is 0.106. The Hall–Kier alpha value is -3.30. The first-order chi connectivity index (χ1) is 16.2. The largest absolute Gasteiger partial charge is 0.460 e. The molecule has 3 aromatic rings. The molecular weight excluding hydrogens is 424 g/mol. The summed E-state index contributed by atoms with van der Waals surface area (Å²) in [6, 6.07) is 13.7. The van der Waals surface area contributed by atoms with Crippen molar-refractivity contribution in [3.63, 3.8) is 0 Å². The number of fused-ring (bicyclic) bond motifs is 1. The second kappa shape index (κ2) is 11.0. The summed E-state index contributed by atoms with van der Waals surface area (Å²) in [6.07, 6.45) is 1.36. The Morgan fingerprint density at radius 2 is 1.91 bits per heavy atom. The van der Waals surface area contributed by atoms with Crippen molar-refractivity contribution < 1.29 is 24.1 Å². The number of hydrogen-bond donors (Lipinski definition) is 2. The number of nitrogens with one attached hydrogen (secondary N) is 1. The maximum absolute atomic E-state index is 9.95. The molecule has 4 rings (SSSR count). The van der Waals surface area contributed by atoms with Crippen LogP contribution in [0.1, 0.15) is 26.7 Å². The van der Waals surface area contributed by atoms with Gasteiger partial charge in [-0.05, 0) is 55.8 Å². The molecule has 0 fully saturated rings. The zero-order valence-electron chi connectivity index (χ0n) is 19.0. The lowest BCUT2D eigenvalue weighted by atomic mass is 10.2. The summed E-state index contributed by atoms with van der Waals surface area (Å²) < 4.78 is 23.7. The van der Waals surface area contributed by atoms with Crippen LogP contribution in [0.25, 0.3) is 17.1 Å². The van der Waals surface area contributed by atoms with Gasteiger partial charge in [0, 0.05) is 24.4 Å². The molecule has 0 amide bonds. The van der Waals surface area contributed by atoms with Crippen molar-refractivity contribution in [3.8, 4) is 34.6 Å². The molecule has 176 valence electrons. The van der Waals surface area contributed by atoms with Crippen molar-refractivity contribution in [1.82, 2.24) is 14.8 Å². The van der Waals surface area contributed by atoms with Crippen LogP contribution in [0.4, 0.5) is 5.69 Å². The zero-order valence-corrected chi connectivity index (χ0v) is 19.0. The Morgan fingerprint density at radius 1 is 1.09 bits per heavy atom. The van der Waals surface area contributed by atoms with E-state index in [1.165, 1.54) is 0 Å². The molecule has 9 heteroatoms. The van der Waals surface area contributed by atoms with Crippen LogP contribution in [0.3, 0.4) is 0 Å². The van der Waals surface area contributed by atoms with Crippen LogP contribution in [-0.4, -0.2) is 59.1 Å². The summed E-state index contributed by atoms with van der Waals surface area (Å²) in [6.45, 7) is 6.17. The fourth-order valence-corrected chi connectivity index (χ4v) is 3.48. The van der Waals surface area contributed by atoms with Crippen molar-refractivity contribution in [2.24, 2.45) is 0 Å². The summed E-state index contributed by atoms with van der Waals surface area (Å²) in [7, 11) is 0. The number of benzene rings is 2. The second-order valence-electron chi connectivity index (χ2n) is 7.61. The van der Waals surface area contributed by atoms with Crippen LogP contribution in [0, 0.1) is 0 Å². The van der Waals surface area contributed by atoms with Crippen molar-refractivity contribution >= 4 is 5.69 Å². The Kier molecular flexibility index (Phi) is 7.64. The van der Waals surface area contributed by atoms with E-state index < -0.39 is 0 Å². The summed E-state index contributed by atoms with van der Waals surface area (Å²) in [5.74, 6) is 2.00. The van der Waals surface area contributed by atoms with Crippen molar-refractivity contribution in [1.29, 1.82) is 0 Å². The molecule has 1 aromatic heterocycles. The number of rotatable bonds is 12. The van der Waals surface area contributed by atoms with Crippen molar-refractivity contribution in [2.75, 3.05) is 38.5 Å². The van der Waals surface area contributed by atoms with Gasteiger partial charge in [-0.2, -0.15) is 4.98 Å². The third-order valence-corrected chi connectivity index (χ3v) is 5.16. The Balaban J connectivity index is 1.57. The first-order valence-electron chi connectivity index (χ1n) is 11.3. The molecule has 33 heavy (non-hydrogen) atoms. The summed E-state index contributed by atoms with van der Waals surface area (Å²) in [5, 5.41) is 17.8. The average Bonchev–Trinajstić information content (AvgIpc) is 3.48. The smallest absolute Gasteiger partial charge is 0.336 e. The lowest BCUT2D eigenvalue weighted by Crippen LogP contribution is -2.18. The first kappa shape index (κ1) is 22.9. The highest BCUT2D eigenvalue weighted by molar-refractivity contribution is 5.64. The minimum absolute atomic E-state index is 0.207. The Labute approximate surface area is 193 Å². The number of aliphatic hydroxyl groups is 1. The maximum Gasteiger partial charge on any atom is 0.336 e. The fraction of sp³-hybridized carbons (Fsp3) is 0.417. The summed E-state index contributed by atoms with van der Waals surface area (Å²) >= 11 is 0. The fourth-order valence-electron chi connectivity index (χ4n) is 3.48. The molecule has 0 bridgehead atoms. The molecule has 1 aliphatic rings. The van der Waals surface area contributed by atoms with Crippen LogP contribution >= 0.6 is 0 Å². The van der Waals surface area contributed by atoms with E-state index in [1.54, 1.807) is 4.68 Å². The number of hydrogen-bond acceptors (Lipinski definition) is 8. The van der Waals surface area contributed by atoms with Crippen LogP contribution in [0.15, 0.2) is 42.5 Å². The summed E-state index contributed by atoms with van der Waals surface area (Å²) in [5.41, 5.74) is 2.58. The van der Waals surface area contributed by atoms with Gasteiger partial charge >= 0.3 is 6.01 Å². The number of aliphatic hydroxyl groups excluding tert-OH is 1. The molecule has 2 N–H and O–H groups in total. The van der Waals surface area contributed by atoms with E-state index in [-0.39, 0.29) is 18.9 Å². The highest BCUT2D eigenvalue weighted by atomic mass is 16.7. The van der Waals surface area contributed by atoms with E-state index in [9.17, 15) is 5.11 Å². The summed E-state index contributed by atoms with van der Waals surface area (Å²) in [4.78, 5) is 4.61. The molecule has 0 unspecified atom stereocenters. The number of aromatic nitrogens is 3. The first-order valence-corrected chi connectivity index (χ1v) is 11.3. The van der Waals surface area contributed by atoms with Gasteiger partial charge in [0.05, 0.1) is 18.4 Å². The third kappa shape index (κ3) is 5.74. The van der Waals surface area contributed by atoms with Gasteiger partial charge in [0.15, 0.2) is 17.3 Å². The quantitative estimate of drug-likeness (QED) is 0.400. The van der Waals surface area contributed by atoms with Gasteiger partial charge in [0.1, 0.15) is 6.61 Å². The van der Waals surface area contributed by atoms with Gasteiger partial charge in [-0.3, -0.25) is 0 Å². The topological polar surface area (TPSA) is 99.9 Å². The maximum atomic E-state index is 9.95. The van der Waals surface area contributed by atoms with Crippen LogP contribution < -0.4 is 19.5 Å². The highest BCUT2D eigenvalue weighted by Crippen LogP contribution is 2.36. The van der Waals surface area contributed by atoms with Crippen molar-refractivity contribution in [3.05, 3.63) is 42.5 Å². The number of nitrogens with zero attached hydrogens (tertiary/aromatic N) is 3. The van der Waals surface area contributed by atoms with Crippen LogP contribution in [-0.2, 0) is 4.74 Å². The van der Waals surface area contributed by atoms with Gasteiger partial charge in [-0.15, -0.1) is 5.10 Å². The van der Waals surface area contributed by atoms with Gasteiger partial charge in [-0.1, -0.05) is 13.3 Å². The van der Waals surface area contributed by atoms with Gasteiger partial charge in [0.2, 0.25) is 6.79 Å².